The predicted molar refractivity (Wildman–Crippen MR) is 211 cm³/mol. The number of rotatable bonds is 11. The quantitative estimate of drug-likeness (QED) is 0.170. The highest BCUT2D eigenvalue weighted by molar-refractivity contribution is 8.01. The van der Waals surface area contributed by atoms with Gasteiger partial charge in [-0.25, -0.2) is 0 Å². The minimum absolute atomic E-state index is 0.0334. The van der Waals surface area contributed by atoms with Crippen molar-refractivity contribution in [1.29, 1.82) is 0 Å². The van der Waals surface area contributed by atoms with E-state index in [1.807, 2.05) is 11.8 Å². The van der Waals surface area contributed by atoms with Crippen molar-refractivity contribution < 1.29 is 14.6 Å². The first-order chi connectivity index (χ1) is 23.6. The van der Waals surface area contributed by atoms with Crippen molar-refractivity contribution in [2.75, 3.05) is 13.2 Å². The average molecular weight is 693 g/mol. The van der Waals surface area contributed by atoms with Gasteiger partial charge in [-0.15, -0.1) is 11.8 Å². The van der Waals surface area contributed by atoms with Crippen molar-refractivity contribution in [3.8, 4) is 0 Å². The summed E-state index contributed by atoms with van der Waals surface area (Å²) in [5.41, 5.74) is 2.72. The van der Waals surface area contributed by atoms with Gasteiger partial charge in [-0.2, -0.15) is 0 Å². The van der Waals surface area contributed by atoms with Crippen LogP contribution in [0.25, 0.3) is 0 Å². The van der Waals surface area contributed by atoms with Crippen LogP contribution in [0, 0.1) is 22.7 Å². The smallest absolute Gasteiger partial charge is 0.123 e. The topological polar surface area (TPSA) is 38.7 Å². The summed E-state index contributed by atoms with van der Waals surface area (Å²) in [7, 11) is 0. The van der Waals surface area contributed by atoms with Gasteiger partial charge in [0.25, 0.3) is 0 Å². The van der Waals surface area contributed by atoms with Gasteiger partial charge in [0.05, 0.1) is 19.3 Å². The van der Waals surface area contributed by atoms with Crippen LogP contribution in [0.3, 0.4) is 0 Å². The zero-order valence-corrected chi connectivity index (χ0v) is 32.7. The van der Waals surface area contributed by atoms with E-state index in [9.17, 15) is 5.11 Å². The van der Waals surface area contributed by atoms with Crippen molar-refractivity contribution in [3.63, 3.8) is 0 Å². The van der Waals surface area contributed by atoms with Crippen LogP contribution in [-0.2, 0) is 20.7 Å². The molecule has 5 rings (SSSR count). The van der Waals surface area contributed by atoms with Crippen LogP contribution < -0.4 is 0 Å². The van der Waals surface area contributed by atoms with E-state index < -0.39 is 17.3 Å². The van der Waals surface area contributed by atoms with E-state index in [0.717, 1.165) is 28.7 Å². The second-order valence-corrected chi connectivity index (χ2v) is 19.3. The first-order valence-electron chi connectivity index (χ1n) is 18.4. The molecule has 0 heterocycles. The maximum absolute atomic E-state index is 11.7. The minimum Gasteiger partial charge on any atom is -0.392 e. The van der Waals surface area contributed by atoms with Gasteiger partial charge in [0.15, 0.2) is 0 Å². The molecule has 4 heteroatoms. The summed E-state index contributed by atoms with van der Waals surface area (Å²) in [4.78, 5) is 0. The van der Waals surface area contributed by atoms with E-state index in [2.05, 4.69) is 184 Å². The van der Waals surface area contributed by atoms with Crippen LogP contribution in [0.1, 0.15) is 97.4 Å². The molecule has 4 aromatic carbocycles. The summed E-state index contributed by atoms with van der Waals surface area (Å²) >= 11 is 1.90. The van der Waals surface area contributed by atoms with Crippen LogP contribution in [0.15, 0.2) is 121 Å². The van der Waals surface area contributed by atoms with Crippen molar-refractivity contribution >= 4 is 11.8 Å². The highest BCUT2D eigenvalue weighted by Crippen LogP contribution is 2.52. The third-order valence-corrected chi connectivity index (χ3v) is 12.1. The molecule has 4 atom stereocenters. The summed E-state index contributed by atoms with van der Waals surface area (Å²) < 4.78 is 14.9. The lowest BCUT2D eigenvalue weighted by Gasteiger charge is -2.49. The SMILES string of the molecule is CC(C)(C)S[C@@H]1CC(COC(c2ccccc2)(c2ccccc2)C(C)(C)C)C(COC(c2ccccc2)(c2ccccc2)C(C)(C)C)C[C@H]1O. The van der Waals surface area contributed by atoms with Gasteiger partial charge in [-0.05, 0) is 57.8 Å². The molecule has 0 spiro atoms. The molecule has 0 aromatic heterocycles. The van der Waals surface area contributed by atoms with Crippen LogP contribution in [0.2, 0.25) is 0 Å². The lowest BCUT2D eigenvalue weighted by Crippen LogP contribution is -2.49. The van der Waals surface area contributed by atoms with E-state index in [1.54, 1.807) is 0 Å². The Kier molecular flexibility index (Phi) is 11.8. The molecule has 0 radical (unpaired) electrons. The third kappa shape index (κ3) is 8.10. The van der Waals surface area contributed by atoms with Gasteiger partial charge < -0.3 is 14.6 Å². The van der Waals surface area contributed by atoms with Crippen molar-refractivity contribution in [2.24, 2.45) is 22.7 Å². The molecule has 1 fully saturated rings. The van der Waals surface area contributed by atoms with E-state index in [1.165, 1.54) is 0 Å². The molecular formula is C46H60O3S. The van der Waals surface area contributed by atoms with Crippen molar-refractivity contribution in [2.45, 2.75) is 102 Å². The lowest BCUT2D eigenvalue weighted by molar-refractivity contribution is -0.142. The Balaban J connectivity index is 1.55. The predicted octanol–water partition coefficient (Wildman–Crippen LogP) is 11.3. The number of aliphatic hydroxyl groups is 1. The molecule has 1 aliphatic rings. The number of hydrogen-bond donors (Lipinski definition) is 1. The number of ether oxygens (including phenoxy) is 2. The number of thioether (sulfide) groups is 1. The molecule has 3 nitrogen and oxygen atoms in total. The first-order valence-corrected chi connectivity index (χ1v) is 19.3. The van der Waals surface area contributed by atoms with Crippen LogP contribution >= 0.6 is 11.8 Å². The molecule has 50 heavy (non-hydrogen) atoms. The first kappa shape index (κ1) is 38.3. The Morgan fingerprint density at radius 2 is 0.800 bits per heavy atom. The average Bonchev–Trinajstić information content (AvgIpc) is 3.07. The third-order valence-electron chi connectivity index (χ3n) is 10.5. The van der Waals surface area contributed by atoms with Gasteiger partial charge in [-0.1, -0.05) is 184 Å². The van der Waals surface area contributed by atoms with Gasteiger partial charge in [0.2, 0.25) is 0 Å². The maximum Gasteiger partial charge on any atom is 0.123 e. The Labute approximate surface area is 307 Å². The largest absolute Gasteiger partial charge is 0.392 e. The number of aliphatic hydroxyl groups excluding tert-OH is 1. The molecule has 268 valence electrons. The fourth-order valence-corrected chi connectivity index (χ4v) is 9.80. The normalized spacial score (nSPS) is 20.8. The minimum atomic E-state index is -0.688. The van der Waals surface area contributed by atoms with Crippen molar-refractivity contribution in [1.82, 2.24) is 0 Å². The Morgan fingerprint density at radius 1 is 0.500 bits per heavy atom. The van der Waals surface area contributed by atoms with Crippen LogP contribution in [-0.4, -0.2) is 34.4 Å². The second-order valence-electron chi connectivity index (χ2n) is 17.3. The van der Waals surface area contributed by atoms with Crippen LogP contribution in [0.5, 0.6) is 0 Å². The molecule has 1 saturated carbocycles. The van der Waals surface area contributed by atoms with E-state index in [-0.39, 0.29) is 32.7 Å². The molecule has 4 aromatic rings. The zero-order valence-electron chi connectivity index (χ0n) is 31.9. The molecule has 2 unspecified atom stereocenters. The standard InChI is InChI=1S/C46H60O3S/c1-42(2,3)45(36-22-14-10-15-23-36,37-24-16-11-17-25-37)48-32-34-30-40(47)41(50-44(7,8)9)31-35(34)33-49-46(43(4,5)6,38-26-18-12-19-27-38)39-28-20-13-21-29-39/h10-29,34-35,40-41,47H,30-33H2,1-9H3/t34?,35?,40-,41-/m1/s1. The summed E-state index contributed by atoms with van der Waals surface area (Å²) in [5, 5.41) is 11.9. The molecule has 0 saturated heterocycles. The van der Waals surface area contributed by atoms with E-state index in [4.69, 9.17) is 9.47 Å². The van der Waals surface area contributed by atoms with E-state index >= 15 is 0 Å². The maximum atomic E-state index is 11.7. The monoisotopic (exact) mass is 692 g/mol. The zero-order chi connectivity index (χ0) is 36.2. The number of hydrogen-bond acceptors (Lipinski definition) is 4. The van der Waals surface area contributed by atoms with Crippen molar-refractivity contribution in [3.05, 3.63) is 144 Å². The Hall–Kier alpha value is -2.89. The summed E-state index contributed by atoms with van der Waals surface area (Å²) in [6.45, 7) is 21.5. The summed E-state index contributed by atoms with van der Waals surface area (Å²) in [6, 6.07) is 42.8. The van der Waals surface area contributed by atoms with Gasteiger partial charge in [-0.3, -0.25) is 0 Å². The highest BCUT2D eigenvalue weighted by atomic mass is 32.2. The fraction of sp³-hybridized carbons (Fsp3) is 0.478. The second kappa shape index (κ2) is 15.4. The molecular weight excluding hydrogens is 633 g/mol. The van der Waals surface area contributed by atoms with Gasteiger partial charge in [0, 0.05) is 10.00 Å². The number of benzene rings is 4. The molecule has 1 N–H and O–H groups in total. The molecule has 1 aliphatic carbocycles. The summed E-state index contributed by atoms with van der Waals surface area (Å²) in [6.07, 6.45) is 1.11. The van der Waals surface area contributed by atoms with E-state index in [0.29, 0.717) is 19.6 Å². The lowest BCUT2D eigenvalue weighted by atomic mass is 9.67. The van der Waals surface area contributed by atoms with Crippen LogP contribution in [0.4, 0.5) is 0 Å². The van der Waals surface area contributed by atoms with Gasteiger partial charge >= 0.3 is 0 Å². The fourth-order valence-electron chi connectivity index (χ4n) is 8.28. The Bertz CT molecular complexity index is 1520. The molecule has 0 amide bonds. The molecule has 0 bridgehead atoms. The van der Waals surface area contributed by atoms with Gasteiger partial charge in [0.1, 0.15) is 11.2 Å². The Morgan fingerprint density at radius 3 is 1.08 bits per heavy atom. The summed E-state index contributed by atoms with van der Waals surface area (Å²) in [5.74, 6) is 0.275. The molecule has 0 aliphatic heterocycles. The highest BCUT2D eigenvalue weighted by Gasteiger charge is 2.50.